The van der Waals surface area contributed by atoms with Crippen LogP contribution in [0, 0.1) is 0 Å². The molecule has 146 valence electrons. The molecule has 1 saturated heterocycles. The molecule has 7 nitrogen and oxygen atoms in total. The van der Waals surface area contributed by atoms with Crippen molar-refractivity contribution in [1.29, 1.82) is 0 Å². The molecule has 27 heavy (non-hydrogen) atoms. The molecule has 1 heterocycles. The van der Waals surface area contributed by atoms with Crippen LogP contribution >= 0.6 is 0 Å². The number of imide groups is 1. The van der Waals surface area contributed by atoms with Crippen LogP contribution in [-0.4, -0.2) is 41.4 Å². The molecular weight excluding hydrogens is 346 g/mol. The number of ether oxygens (including phenoxy) is 1. The van der Waals surface area contributed by atoms with Gasteiger partial charge in [-0.15, -0.1) is 0 Å². The van der Waals surface area contributed by atoms with E-state index in [2.05, 4.69) is 10.6 Å². The van der Waals surface area contributed by atoms with Crippen molar-refractivity contribution in [3.63, 3.8) is 0 Å². The summed E-state index contributed by atoms with van der Waals surface area (Å²) in [6, 6.07) is 6.78. The maximum Gasteiger partial charge on any atom is 0.325 e. The van der Waals surface area contributed by atoms with Crippen LogP contribution < -0.4 is 15.4 Å². The van der Waals surface area contributed by atoms with Crippen LogP contribution in [0.15, 0.2) is 24.3 Å². The number of nitrogens with one attached hydrogen (secondary N) is 2. The van der Waals surface area contributed by atoms with Crippen molar-refractivity contribution in [2.24, 2.45) is 0 Å². The van der Waals surface area contributed by atoms with E-state index in [0.717, 1.165) is 35.5 Å². The summed E-state index contributed by atoms with van der Waals surface area (Å²) in [6.45, 7) is 4.12. The van der Waals surface area contributed by atoms with Gasteiger partial charge in [0.05, 0.1) is 12.6 Å². The molecule has 0 bridgehead atoms. The molecule has 0 aromatic heterocycles. The van der Waals surface area contributed by atoms with Crippen molar-refractivity contribution < 1.29 is 19.1 Å². The SMILES string of the molecule is CCOc1ccc([C@@H](C)NC(=O)CN2C(=O)NC3(CCCCC3)C2=O)cc1. The second-order valence-corrected chi connectivity index (χ2v) is 7.26. The van der Waals surface area contributed by atoms with Crippen molar-refractivity contribution in [1.82, 2.24) is 15.5 Å². The fraction of sp³-hybridized carbons (Fsp3) is 0.550. The van der Waals surface area contributed by atoms with E-state index in [-0.39, 0.29) is 24.4 Å². The summed E-state index contributed by atoms with van der Waals surface area (Å²) in [5, 5.41) is 5.67. The third-order valence-electron chi connectivity index (χ3n) is 5.32. The van der Waals surface area contributed by atoms with Gasteiger partial charge in [-0.25, -0.2) is 4.79 Å². The Labute approximate surface area is 159 Å². The molecule has 1 aliphatic heterocycles. The minimum absolute atomic E-state index is 0.238. The first-order chi connectivity index (χ1) is 12.9. The summed E-state index contributed by atoms with van der Waals surface area (Å²) in [6.07, 6.45) is 4.21. The summed E-state index contributed by atoms with van der Waals surface area (Å²) < 4.78 is 5.41. The Balaban J connectivity index is 1.58. The predicted molar refractivity (Wildman–Crippen MR) is 100 cm³/mol. The van der Waals surface area contributed by atoms with Crippen molar-refractivity contribution >= 4 is 17.8 Å². The third kappa shape index (κ3) is 4.07. The Morgan fingerprint density at radius 2 is 1.89 bits per heavy atom. The molecule has 2 fully saturated rings. The van der Waals surface area contributed by atoms with E-state index in [4.69, 9.17) is 4.74 Å². The number of hydrogen-bond donors (Lipinski definition) is 2. The average Bonchev–Trinajstić information content (AvgIpc) is 2.87. The second-order valence-electron chi connectivity index (χ2n) is 7.26. The van der Waals surface area contributed by atoms with Gasteiger partial charge in [-0.05, 0) is 44.4 Å². The standard InChI is InChI=1S/C20H27N3O4/c1-3-27-16-9-7-15(8-10-16)14(2)21-17(24)13-23-18(25)20(22-19(23)26)11-5-4-6-12-20/h7-10,14H,3-6,11-13H2,1-2H3,(H,21,24)(H,22,26)/t14-/m1/s1. The van der Waals surface area contributed by atoms with Gasteiger partial charge in [-0.2, -0.15) is 0 Å². The van der Waals surface area contributed by atoms with E-state index in [1.807, 2.05) is 38.1 Å². The zero-order valence-corrected chi connectivity index (χ0v) is 15.9. The Morgan fingerprint density at radius 3 is 2.52 bits per heavy atom. The molecule has 4 amide bonds. The zero-order chi connectivity index (χ0) is 19.4. The number of nitrogens with zero attached hydrogens (tertiary/aromatic N) is 1. The first-order valence-corrected chi connectivity index (χ1v) is 9.61. The lowest BCUT2D eigenvalue weighted by Gasteiger charge is -2.30. The highest BCUT2D eigenvalue weighted by atomic mass is 16.5. The summed E-state index contributed by atoms with van der Waals surface area (Å²) in [5.41, 5.74) is 0.129. The van der Waals surface area contributed by atoms with Gasteiger partial charge < -0.3 is 15.4 Å². The summed E-state index contributed by atoms with van der Waals surface area (Å²) in [4.78, 5) is 38.4. The van der Waals surface area contributed by atoms with Crippen LogP contribution in [0.2, 0.25) is 0 Å². The lowest BCUT2D eigenvalue weighted by Crippen LogP contribution is -2.49. The first-order valence-electron chi connectivity index (χ1n) is 9.61. The van der Waals surface area contributed by atoms with Gasteiger partial charge in [0.15, 0.2) is 0 Å². The third-order valence-corrected chi connectivity index (χ3v) is 5.32. The van der Waals surface area contributed by atoms with Crippen molar-refractivity contribution in [3.8, 4) is 5.75 Å². The van der Waals surface area contributed by atoms with Crippen molar-refractivity contribution in [2.75, 3.05) is 13.2 Å². The molecule has 0 radical (unpaired) electrons. The topological polar surface area (TPSA) is 87.7 Å². The number of urea groups is 1. The predicted octanol–water partition coefficient (Wildman–Crippen LogP) is 2.52. The molecule has 1 aromatic rings. The van der Waals surface area contributed by atoms with E-state index < -0.39 is 11.6 Å². The van der Waals surface area contributed by atoms with Gasteiger partial charge in [0.1, 0.15) is 17.8 Å². The Bertz CT molecular complexity index is 710. The van der Waals surface area contributed by atoms with Crippen LogP contribution in [0.25, 0.3) is 0 Å². The molecule has 2 aliphatic rings. The fourth-order valence-corrected chi connectivity index (χ4v) is 3.85. The van der Waals surface area contributed by atoms with Gasteiger partial charge in [0.2, 0.25) is 5.91 Å². The monoisotopic (exact) mass is 373 g/mol. The highest BCUT2D eigenvalue weighted by Gasteiger charge is 2.51. The van der Waals surface area contributed by atoms with Crippen LogP contribution in [0.4, 0.5) is 4.79 Å². The van der Waals surface area contributed by atoms with E-state index in [1.54, 1.807) is 0 Å². The van der Waals surface area contributed by atoms with Crippen LogP contribution in [0.1, 0.15) is 57.6 Å². The molecule has 3 rings (SSSR count). The number of benzene rings is 1. The first kappa shape index (κ1) is 19.2. The number of carbonyl (C=O) groups is 3. The molecule has 1 spiro atoms. The van der Waals surface area contributed by atoms with Gasteiger partial charge in [0.25, 0.3) is 5.91 Å². The molecule has 0 unspecified atom stereocenters. The zero-order valence-electron chi connectivity index (χ0n) is 15.9. The summed E-state index contributed by atoms with van der Waals surface area (Å²) in [5.74, 6) is 0.153. The Hall–Kier alpha value is -2.57. The van der Waals surface area contributed by atoms with Gasteiger partial charge >= 0.3 is 6.03 Å². The number of hydrogen-bond acceptors (Lipinski definition) is 4. The molecule has 1 atom stereocenters. The number of carbonyl (C=O) groups excluding carboxylic acids is 3. The second kappa shape index (κ2) is 7.98. The number of amides is 4. The van der Waals surface area contributed by atoms with Gasteiger partial charge in [0, 0.05) is 0 Å². The molecular formula is C20H27N3O4. The van der Waals surface area contributed by atoms with Crippen LogP contribution in [0.5, 0.6) is 5.75 Å². The summed E-state index contributed by atoms with van der Waals surface area (Å²) in [7, 11) is 0. The Kier molecular flexibility index (Phi) is 5.68. The molecule has 2 N–H and O–H groups in total. The maximum atomic E-state index is 12.7. The quantitative estimate of drug-likeness (QED) is 0.750. The van der Waals surface area contributed by atoms with E-state index in [1.165, 1.54) is 0 Å². The highest BCUT2D eigenvalue weighted by Crippen LogP contribution is 2.33. The van der Waals surface area contributed by atoms with Crippen molar-refractivity contribution in [3.05, 3.63) is 29.8 Å². The minimum atomic E-state index is -0.795. The van der Waals surface area contributed by atoms with Gasteiger partial charge in [-0.1, -0.05) is 31.4 Å². The minimum Gasteiger partial charge on any atom is -0.494 e. The fourth-order valence-electron chi connectivity index (χ4n) is 3.85. The Morgan fingerprint density at radius 1 is 1.22 bits per heavy atom. The average molecular weight is 373 g/mol. The van der Waals surface area contributed by atoms with Crippen molar-refractivity contribution in [2.45, 2.75) is 57.5 Å². The normalized spacial score (nSPS) is 19.7. The summed E-state index contributed by atoms with van der Waals surface area (Å²) >= 11 is 0. The number of rotatable bonds is 6. The van der Waals surface area contributed by atoms with Crippen LogP contribution in [-0.2, 0) is 9.59 Å². The molecule has 7 heteroatoms. The maximum absolute atomic E-state index is 12.7. The largest absolute Gasteiger partial charge is 0.494 e. The lowest BCUT2D eigenvalue weighted by molar-refractivity contribution is -0.136. The smallest absolute Gasteiger partial charge is 0.325 e. The molecule has 1 aliphatic carbocycles. The van der Waals surface area contributed by atoms with E-state index >= 15 is 0 Å². The van der Waals surface area contributed by atoms with Gasteiger partial charge in [-0.3, -0.25) is 14.5 Å². The van der Waals surface area contributed by atoms with E-state index in [9.17, 15) is 14.4 Å². The van der Waals surface area contributed by atoms with Crippen LogP contribution in [0.3, 0.4) is 0 Å². The van der Waals surface area contributed by atoms with E-state index in [0.29, 0.717) is 19.4 Å². The highest BCUT2D eigenvalue weighted by molar-refractivity contribution is 6.09. The molecule has 1 saturated carbocycles. The lowest BCUT2D eigenvalue weighted by atomic mass is 9.82. The molecule has 1 aromatic carbocycles.